The normalized spacial score (nSPS) is 12.0. The average molecular weight is 321 g/mol. The largest absolute Gasteiger partial charge is 0.391 e. The molecule has 0 aliphatic heterocycles. The molecule has 0 aliphatic rings. The summed E-state index contributed by atoms with van der Waals surface area (Å²) in [4.78, 5) is 11.5. The number of aryl methyl sites for hydroxylation is 1. The van der Waals surface area contributed by atoms with E-state index in [4.69, 9.17) is 16.4 Å². The molecule has 3 rings (SSSR count). The maximum Gasteiger partial charge on any atom is 0.212 e. The number of oxime groups is 1. The van der Waals surface area contributed by atoms with Gasteiger partial charge < -0.3 is 4.84 Å². The molecule has 0 saturated carbocycles. The third-order valence-electron chi connectivity index (χ3n) is 3.03. The highest BCUT2D eigenvalue weighted by Crippen LogP contribution is 2.21. The Bertz CT molecular complexity index is 791. The summed E-state index contributed by atoms with van der Waals surface area (Å²) in [7, 11) is 0. The van der Waals surface area contributed by atoms with Crippen molar-refractivity contribution < 1.29 is 4.84 Å². The summed E-state index contributed by atoms with van der Waals surface area (Å²) in [6.07, 6.45) is 1.55. The van der Waals surface area contributed by atoms with E-state index >= 15 is 0 Å². The van der Waals surface area contributed by atoms with Crippen molar-refractivity contribution in [2.75, 3.05) is 0 Å². The number of halogens is 1. The summed E-state index contributed by atoms with van der Waals surface area (Å²) < 4.78 is 1.80. The molecule has 21 heavy (non-hydrogen) atoms. The van der Waals surface area contributed by atoms with Gasteiger partial charge in [0, 0.05) is 5.02 Å². The number of aromatic nitrogens is 3. The third-order valence-corrected chi connectivity index (χ3v) is 4.54. The van der Waals surface area contributed by atoms with Crippen LogP contribution in [0.5, 0.6) is 0 Å². The standard InChI is InChI=1S/C14H13ClN4OS/c1-9(13-10(2)19-14(21-13)16-8-17-19)18-20-7-11-3-5-12(15)6-4-11/h3-6,8H,7H2,1-2H3/b18-9+. The number of benzene rings is 1. The van der Waals surface area contributed by atoms with Crippen molar-refractivity contribution in [1.29, 1.82) is 0 Å². The molecule has 5 nitrogen and oxygen atoms in total. The fraction of sp³-hybridized carbons (Fsp3) is 0.214. The Morgan fingerprint density at radius 1 is 1.38 bits per heavy atom. The van der Waals surface area contributed by atoms with Crippen LogP contribution in [0, 0.1) is 6.92 Å². The van der Waals surface area contributed by atoms with E-state index in [1.807, 2.05) is 38.1 Å². The highest BCUT2D eigenvalue weighted by atomic mass is 35.5. The first kappa shape index (κ1) is 14.0. The van der Waals surface area contributed by atoms with Gasteiger partial charge in [-0.3, -0.25) is 0 Å². The fourth-order valence-corrected chi connectivity index (χ4v) is 3.05. The second-order valence-electron chi connectivity index (χ2n) is 4.55. The number of thiazole rings is 1. The number of hydrogen-bond donors (Lipinski definition) is 0. The van der Waals surface area contributed by atoms with E-state index in [2.05, 4.69) is 15.2 Å². The van der Waals surface area contributed by atoms with Gasteiger partial charge in [0.15, 0.2) is 0 Å². The lowest BCUT2D eigenvalue weighted by Gasteiger charge is -2.02. The van der Waals surface area contributed by atoms with Crippen LogP contribution in [-0.4, -0.2) is 20.3 Å². The Kier molecular flexibility index (Phi) is 3.90. The lowest BCUT2D eigenvalue weighted by molar-refractivity contribution is 0.130. The van der Waals surface area contributed by atoms with Crippen molar-refractivity contribution in [1.82, 2.24) is 14.6 Å². The van der Waals surface area contributed by atoms with Crippen LogP contribution < -0.4 is 0 Å². The summed E-state index contributed by atoms with van der Waals surface area (Å²) in [6, 6.07) is 7.50. The van der Waals surface area contributed by atoms with Crippen molar-refractivity contribution >= 4 is 33.6 Å². The molecule has 0 unspecified atom stereocenters. The molecular formula is C14H13ClN4OS. The molecule has 0 amide bonds. The van der Waals surface area contributed by atoms with Gasteiger partial charge in [-0.15, -0.1) is 0 Å². The van der Waals surface area contributed by atoms with Crippen molar-refractivity contribution in [2.45, 2.75) is 20.5 Å². The van der Waals surface area contributed by atoms with Crippen molar-refractivity contribution in [3.63, 3.8) is 0 Å². The first-order valence-electron chi connectivity index (χ1n) is 6.35. The van der Waals surface area contributed by atoms with Gasteiger partial charge in [-0.2, -0.15) is 5.10 Å². The molecule has 0 saturated heterocycles. The smallest absolute Gasteiger partial charge is 0.212 e. The molecule has 2 heterocycles. The average Bonchev–Trinajstić information content (AvgIpc) is 3.04. The van der Waals surface area contributed by atoms with E-state index in [0.29, 0.717) is 11.6 Å². The molecule has 0 fully saturated rings. The molecule has 108 valence electrons. The van der Waals surface area contributed by atoms with Gasteiger partial charge in [0.2, 0.25) is 4.96 Å². The van der Waals surface area contributed by atoms with Gasteiger partial charge in [0.1, 0.15) is 12.9 Å². The molecular weight excluding hydrogens is 308 g/mol. The van der Waals surface area contributed by atoms with E-state index < -0.39 is 0 Å². The zero-order valence-corrected chi connectivity index (χ0v) is 13.1. The Balaban J connectivity index is 1.72. The third kappa shape index (κ3) is 2.91. The minimum atomic E-state index is 0.411. The van der Waals surface area contributed by atoms with Crippen molar-refractivity contribution in [2.24, 2.45) is 5.16 Å². The number of rotatable bonds is 4. The lowest BCUT2D eigenvalue weighted by atomic mass is 10.2. The van der Waals surface area contributed by atoms with Gasteiger partial charge in [-0.1, -0.05) is 40.2 Å². The Morgan fingerprint density at radius 3 is 2.86 bits per heavy atom. The van der Waals surface area contributed by atoms with Crippen LogP contribution in [0.25, 0.3) is 4.96 Å². The Hall–Kier alpha value is -1.92. The molecule has 0 atom stereocenters. The predicted octanol–water partition coefficient (Wildman–Crippen LogP) is 3.69. The monoisotopic (exact) mass is 320 g/mol. The van der Waals surface area contributed by atoms with E-state index in [1.165, 1.54) is 0 Å². The van der Waals surface area contributed by atoms with E-state index in [1.54, 1.807) is 22.2 Å². The first-order valence-corrected chi connectivity index (χ1v) is 7.55. The first-order chi connectivity index (χ1) is 10.1. The van der Waals surface area contributed by atoms with Crippen molar-refractivity contribution in [3.05, 3.63) is 51.7 Å². The van der Waals surface area contributed by atoms with Crippen LogP contribution in [-0.2, 0) is 11.4 Å². The quantitative estimate of drug-likeness (QED) is 0.544. The SMILES string of the molecule is C/C(=N\OCc1ccc(Cl)cc1)c1sc2ncnn2c1C. The number of nitrogens with zero attached hydrogens (tertiary/aromatic N) is 4. The van der Waals surface area contributed by atoms with Crippen LogP contribution in [0.3, 0.4) is 0 Å². The molecule has 0 aliphatic carbocycles. The van der Waals surface area contributed by atoms with E-state index in [0.717, 1.165) is 26.8 Å². The molecule has 3 aromatic rings. The zero-order chi connectivity index (χ0) is 14.8. The van der Waals surface area contributed by atoms with Crippen LogP contribution in [0.4, 0.5) is 0 Å². The summed E-state index contributed by atoms with van der Waals surface area (Å²) >= 11 is 7.39. The van der Waals surface area contributed by atoms with Crippen molar-refractivity contribution in [3.8, 4) is 0 Å². The van der Waals surface area contributed by atoms with E-state index in [-0.39, 0.29) is 0 Å². The van der Waals surface area contributed by atoms with Gasteiger partial charge in [-0.05, 0) is 31.5 Å². The summed E-state index contributed by atoms with van der Waals surface area (Å²) in [5, 5.41) is 9.05. The maximum atomic E-state index is 5.84. The molecule has 0 bridgehead atoms. The summed E-state index contributed by atoms with van der Waals surface area (Å²) in [5.74, 6) is 0. The minimum absolute atomic E-state index is 0.411. The number of hydrogen-bond acceptors (Lipinski definition) is 5. The lowest BCUT2D eigenvalue weighted by Crippen LogP contribution is -1.98. The highest BCUT2D eigenvalue weighted by Gasteiger charge is 2.12. The molecule has 7 heteroatoms. The molecule has 0 spiro atoms. The number of fused-ring (bicyclic) bond motifs is 1. The maximum absolute atomic E-state index is 5.84. The molecule has 1 aromatic carbocycles. The van der Waals surface area contributed by atoms with Gasteiger partial charge in [0.05, 0.1) is 16.3 Å². The summed E-state index contributed by atoms with van der Waals surface area (Å²) in [6.45, 7) is 4.32. The highest BCUT2D eigenvalue weighted by molar-refractivity contribution is 7.19. The molecule has 0 N–H and O–H groups in total. The zero-order valence-electron chi connectivity index (χ0n) is 11.6. The van der Waals surface area contributed by atoms with Gasteiger partial charge in [-0.25, -0.2) is 9.50 Å². The van der Waals surface area contributed by atoms with Gasteiger partial charge in [0.25, 0.3) is 0 Å². The minimum Gasteiger partial charge on any atom is -0.391 e. The van der Waals surface area contributed by atoms with E-state index in [9.17, 15) is 0 Å². The van der Waals surface area contributed by atoms with Crippen LogP contribution in [0.15, 0.2) is 35.7 Å². The second kappa shape index (κ2) is 5.83. The van der Waals surface area contributed by atoms with Gasteiger partial charge >= 0.3 is 0 Å². The Labute approximate surface area is 130 Å². The molecule has 2 aromatic heterocycles. The van der Waals surface area contributed by atoms with Crippen LogP contribution in [0.2, 0.25) is 5.02 Å². The Morgan fingerprint density at radius 2 is 2.14 bits per heavy atom. The predicted molar refractivity (Wildman–Crippen MR) is 84.1 cm³/mol. The fourth-order valence-electron chi connectivity index (χ4n) is 1.95. The summed E-state index contributed by atoms with van der Waals surface area (Å²) in [5.41, 5.74) is 2.86. The second-order valence-corrected chi connectivity index (χ2v) is 5.96. The molecule has 0 radical (unpaired) electrons. The topological polar surface area (TPSA) is 51.8 Å². The van der Waals surface area contributed by atoms with Crippen LogP contribution >= 0.6 is 22.9 Å². The van der Waals surface area contributed by atoms with Crippen LogP contribution in [0.1, 0.15) is 23.1 Å².